The lowest BCUT2D eigenvalue weighted by atomic mass is 9.99. The molecule has 2 rings (SSSR count). The fourth-order valence-electron chi connectivity index (χ4n) is 2.20. The van der Waals surface area contributed by atoms with Crippen LogP contribution in [0.25, 0.3) is 0 Å². The van der Waals surface area contributed by atoms with E-state index in [4.69, 9.17) is 0 Å². The van der Waals surface area contributed by atoms with Gasteiger partial charge in [0, 0.05) is 24.2 Å². The average Bonchev–Trinajstić information content (AvgIpc) is 2.46. The third-order valence-electron chi connectivity index (χ3n) is 3.27. The second-order valence-corrected chi connectivity index (χ2v) is 4.73. The molecule has 1 aromatic rings. The van der Waals surface area contributed by atoms with Gasteiger partial charge >= 0.3 is 0 Å². The maximum absolute atomic E-state index is 11.9. The number of amides is 1. The molecule has 0 aromatic heterocycles. The zero-order chi connectivity index (χ0) is 13.7. The number of carbonyl (C=O) groups is 1. The minimum absolute atomic E-state index is 0. The summed E-state index contributed by atoms with van der Waals surface area (Å²) in [7, 11) is 0. The number of non-ortho nitro benzene ring substituents is 1. The first-order valence-electron chi connectivity index (χ1n) is 6.40. The van der Waals surface area contributed by atoms with Crippen molar-refractivity contribution in [1.29, 1.82) is 0 Å². The van der Waals surface area contributed by atoms with Crippen LogP contribution in [-0.2, 0) is 0 Å². The predicted octanol–water partition coefficient (Wildman–Crippen LogP) is 1.75. The molecule has 6 nitrogen and oxygen atoms in total. The standard InChI is InChI=1S/C13H17N3O3.ClH/c17-13(15-9-10-3-2-6-14-8-10)11-4-1-5-12(7-11)16(18)19;/h1,4-5,7,10,14H,2-3,6,8-9H2,(H,15,17);1H. The van der Waals surface area contributed by atoms with E-state index in [-0.39, 0.29) is 24.0 Å². The smallest absolute Gasteiger partial charge is 0.270 e. The van der Waals surface area contributed by atoms with Gasteiger partial charge in [-0.05, 0) is 37.9 Å². The molecule has 1 unspecified atom stereocenters. The minimum Gasteiger partial charge on any atom is -0.352 e. The summed E-state index contributed by atoms with van der Waals surface area (Å²) in [5.41, 5.74) is 0.268. The van der Waals surface area contributed by atoms with Crippen LogP contribution < -0.4 is 10.6 Å². The van der Waals surface area contributed by atoms with Crippen LogP contribution in [-0.4, -0.2) is 30.5 Å². The molecule has 7 heteroatoms. The summed E-state index contributed by atoms with van der Waals surface area (Å²) in [6.07, 6.45) is 2.22. The van der Waals surface area contributed by atoms with Crippen LogP contribution in [0.15, 0.2) is 24.3 Å². The minimum atomic E-state index is -0.498. The Kier molecular flexibility index (Phi) is 6.41. The fourth-order valence-corrected chi connectivity index (χ4v) is 2.20. The molecule has 2 N–H and O–H groups in total. The summed E-state index contributed by atoms with van der Waals surface area (Å²) < 4.78 is 0. The molecular formula is C13H18ClN3O3. The van der Waals surface area contributed by atoms with E-state index < -0.39 is 4.92 Å². The molecule has 0 aliphatic carbocycles. The summed E-state index contributed by atoms with van der Waals surface area (Å²) in [6.45, 7) is 2.55. The first-order chi connectivity index (χ1) is 9.16. The predicted molar refractivity (Wildman–Crippen MR) is 78.3 cm³/mol. The SMILES string of the molecule is Cl.O=C(NCC1CCCNC1)c1cccc([N+](=O)[O-])c1. The van der Waals surface area contributed by atoms with E-state index in [0.717, 1.165) is 25.9 Å². The molecule has 110 valence electrons. The summed E-state index contributed by atoms with van der Waals surface area (Å²) in [5, 5.41) is 16.8. The molecule has 1 amide bonds. The van der Waals surface area contributed by atoms with Gasteiger partial charge in [0.15, 0.2) is 0 Å². The quantitative estimate of drug-likeness (QED) is 0.655. The Labute approximate surface area is 123 Å². The molecule has 0 saturated carbocycles. The Bertz CT molecular complexity index is 476. The number of hydrogen-bond donors (Lipinski definition) is 2. The van der Waals surface area contributed by atoms with Gasteiger partial charge in [-0.3, -0.25) is 14.9 Å². The van der Waals surface area contributed by atoms with Crippen LogP contribution in [0, 0.1) is 16.0 Å². The van der Waals surface area contributed by atoms with Gasteiger partial charge in [0.25, 0.3) is 11.6 Å². The number of piperidine rings is 1. The number of nitrogens with zero attached hydrogens (tertiary/aromatic N) is 1. The highest BCUT2D eigenvalue weighted by Crippen LogP contribution is 2.13. The van der Waals surface area contributed by atoms with Gasteiger partial charge in [-0.2, -0.15) is 0 Å². The Balaban J connectivity index is 0.00000200. The van der Waals surface area contributed by atoms with Crippen LogP contribution in [0.1, 0.15) is 23.2 Å². The topological polar surface area (TPSA) is 84.3 Å². The number of carbonyl (C=O) groups excluding carboxylic acids is 1. The Morgan fingerprint density at radius 3 is 2.95 bits per heavy atom. The normalized spacial score (nSPS) is 17.9. The fraction of sp³-hybridized carbons (Fsp3) is 0.462. The average molecular weight is 300 g/mol. The molecule has 1 heterocycles. The zero-order valence-corrected chi connectivity index (χ0v) is 11.8. The highest BCUT2D eigenvalue weighted by Gasteiger charge is 2.15. The molecule has 0 bridgehead atoms. The van der Waals surface area contributed by atoms with E-state index in [1.807, 2.05) is 0 Å². The summed E-state index contributed by atoms with van der Waals surface area (Å²) in [5.74, 6) is 0.186. The van der Waals surface area contributed by atoms with Gasteiger partial charge in [0.2, 0.25) is 0 Å². The van der Waals surface area contributed by atoms with Crippen LogP contribution in [0.4, 0.5) is 5.69 Å². The number of benzene rings is 1. The number of nitro groups is 1. The third-order valence-corrected chi connectivity index (χ3v) is 3.27. The second-order valence-electron chi connectivity index (χ2n) is 4.73. The molecule has 1 atom stereocenters. The van der Waals surface area contributed by atoms with Crippen molar-refractivity contribution in [1.82, 2.24) is 10.6 Å². The summed E-state index contributed by atoms with van der Waals surface area (Å²) in [4.78, 5) is 22.1. The monoisotopic (exact) mass is 299 g/mol. The Morgan fingerprint density at radius 2 is 2.30 bits per heavy atom. The van der Waals surface area contributed by atoms with Crippen LogP contribution >= 0.6 is 12.4 Å². The number of rotatable bonds is 4. The molecule has 1 aliphatic rings. The first-order valence-corrected chi connectivity index (χ1v) is 6.40. The van der Waals surface area contributed by atoms with Crippen molar-refractivity contribution in [2.75, 3.05) is 19.6 Å². The molecule has 20 heavy (non-hydrogen) atoms. The lowest BCUT2D eigenvalue weighted by molar-refractivity contribution is -0.384. The number of halogens is 1. The maximum atomic E-state index is 11.9. The number of hydrogen-bond acceptors (Lipinski definition) is 4. The Morgan fingerprint density at radius 1 is 1.50 bits per heavy atom. The van der Waals surface area contributed by atoms with Crippen LogP contribution in [0.3, 0.4) is 0 Å². The van der Waals surface area contributed by atoms with Gasteiger partial charge in [0.05, 0.1) is 4.92 Å². The van der Waals surface area contributed by atoms with Crippen molar-refractivity contribution in [3.8, 4) is 0 Å². The first kappa shape index (κ1) is 16.4. The van der Waals surface area contributed by atoms with Crippen LogP contribution in [0.5, 0.6) is 0 Å². The largest absolute Gasteiger partial charge is 0.352 e. The van der Waals surface area contributed by atoms with Crippen molar-refractivity contribution in [2.24, 2.45) is 5.92 Å². The van der Waals surface area contributed by atoms with Crippen molar-refractivity contribution >= 4 is 24.0 Å². The lowest BCUT2D eigenvalue weighted by Crippen LogP contribution is -2.38. The zero-order valence-electron chi connectivity index (χ0n) is 11.0. The molecule has 1 aliphatic heterocycles. The van der Waals surface area contributed by atoms with E-state index in [1.54, 1.807) is 6.07 Å². The molecule has 0 spiro atoms. The van der Waals surface area contributed by atoms with E-state index in [1.165, 1.54) is 18.2 Å². The molecular weight excluding hydrogens is 282 g/mol. The van der Waals surface area contributed by atoms with Crippen molar-refractivity contribution in [3.05, 3.63) is 39.9 Å². The van der Waals surface area contributed by atoms with Gasteiger partial charge in [-0.25, -0.2) is 0 Å². The molecule has 1 fully saturated rings. The summed E-state index contributed by atoms with van der Waals surface area (Å²) >= 11 is 0. The lowest BCUT2D eigenvalue weighted by Gasteiger charge is -2.22. The molecule has 0 radical (unpaired) electrons. The number of nitro benzene ring substituents is 1. The van der Waals surface area contributed by atoms with Gasteiger partial charge < -0.3 is 10.6 Å². The third kappa shape index (κ3) is 4.47. The van der Waals surface area contributed by atoms with Crippen molar-refractivity contribution in [2.45, 2.75) is 12.8 Å². The van der Waals surface area contributed by atoms with Gasteiger partial charge in [0.1, 0.15) is 0 Å². The molecule has 1 aromatic carbocycles. The number of nitrogens with one attached hydrogen (secondary N) is 2. The summed E-state index contributed by atoms with van der Waals surface area (Å²) in [6, 6.07) is 5.78. The van der Waals surface area contributed by atoms with E-state index in [2.05, 4.69) is 10.6 Å². The highest BCUT2D eigenvalue weighted by atomic mass is 35.5. The van der Waals surface area contributed by atoms with Crippen molar-refractivity contribution < 1.29 is 9.72 Å². The van der Waals surface area contributed by atoms with E-state index >= 15 is 0 Å². The maximum Gasteiger partial charge on any atom is 0.270 e. The van der Waals surface area contributed by atoms with Crippen molar-refractivity contribution in [3.63, 3.8) is 0 Å². The molecule has 1 saturated heterocycles. The Hall–Kier alpha value is -1.66. The highest BCUT2D eigenvalue weighted by molar-refractivity contribution is 5.94. The van der Waals surface area contributed by atoms with Gasteiger partial charge in [-0.1, -0.05) is 6.07 Å². The van der Waals surface area contributed by atoms with E-state index in [9.17, 15) is 14.9 Å². The van der Waals surface area contributed by atoms with Crippen LogP contribution in [0.2, 0.25) is 0 Å². The second kappa shape index (κ2) is 7.81. The van der Waals surface area contributed by atoms with E-state index in [0.29, 0.717) is 18.0 Å². The van der Waals surface area contributed by atoms with Gasteiger partial charge in [-0.15, -0.1) is 12.4 Å².